The predicted octanol–water partition coefficient (Wildman–Crippen LogP) is 1.19. The standard InChI is InChI=1S/C28H25NO7.HI/c1-29-14-4-5-21(18-29)28(33)36-25-13-9-20(16-27(25)35-3)7-11-23(31)17-22(30)10-6-19-8-12-24(32)26(15-19)34-2;/h4-18H,1-3H3,(H-,30,31,32);1H/b11-7+;. The maximum absolute atomic E-state index is 12.4. The number of aliphatic hydroxyl groups is 1. The van der Waals surface area contributed by atoms with Crippen molar-refractivity contribution in [3.05, 3.63) is 102 Å². The third-order valence-corrected chi connectivity index (χ3v) is 4.95. The van der Waals surface area contributed by atoms with Gasteiger partial charge in [-0.2, -0.15) is 0 Å². The molecule has 0 bridgehead atoms. The van der Waals surface area contributed by atoms with Gasteiger partial charge in [-0.3, -0.25) is 4.79 Å². The lowest BCUT2D eigenvalue weighted by Gasteiger charge is -2.09. The highest BCUT2D eigenvalue weighted by molar-refractivity contribution is 6.02. The zero-order valence-corrected chi connectivity index (χ0v) is 22.6. The summed E-state index contributed by atoms with van der Waals surface area (Å²) in [5.41, 5.74) is 1.69. The number of carbonyl (C=O) groups is 2. The number of phenolic OH excluding ortho intramolecular Hbond substituents is 1. The molecule has 1 heterocycles. The van der Waals surface area contributed by atoms with E-state index in [1.165, 1.54) is 32.4 Å². The number of ether oxygens (including phenoxy) is 3. The number of rotatable bonds is 9. The minimum Gasteiger partial charge on any atom is -1.00 e. The molecule has 3 aromatic rings. The van der Waals surface area contributed by atoms with Crippen LogP contribution in [0, 0.1) is 0 Å². The molecule has 0 aliphatic carbocycles. The van der Waals surface area contributed by atoms with Crippen molar-refractivity contribution in [2.75, 3.05) is 14.2 Å². The highest BCUT2D eigenvalue weighted by Crippen LogP contribution is 2.29. The molecule has 0 saturated carbocycles. The van der Waals surface area contributed by atoms with Crippen LogP contribution in [0.2, 0.25) is 0 Å². The number of methoxy groups -OCH3 is 2. The number of aromatic hydroxyl groups is 1. The van der Waals surface area contributed by atoms with Crippen molar-refractivity contribution in [2.24, 2.45) is 7.05 Å². The predicted molar refractivity (Wildman–Crippen MR) is 134 cm³/mol. The quantitative estimate of drug-likeness (QED) is 0.0709. The summed E-state index contributed by atoms with van der Waals surface area (Å²) in [6.07, 6.45) is 10.3. The van der Waals surface area contributed by atoms with Crippen molar-refractivity contribution in [1.82, 2.24) is 0 Å². The number of aromatic nitrogens is 1. The van der Waals surface area contributed by atoms with Gasteiger partial charge in [-0.15, -0.1) is 0 Å². The first-order chi connectivity index (χ1) is 17.3. The van der Waals surface area contributed by atoms with Gasteiger partial charge in [-0.1, -0.05) is 24.3 Å². The Bertz CT molecular complexity index is 1360. The highest BCUT2D eigenvalue weighted by Gasteiger charge is 2.15. The van der Waals surface area contributed by atoms with Gasteiger partial charge in [0.1, 0.15) is 18.4 Å². The fourth-order valence-corrected chi connectivity index (χ4v) is 3.14. The molecule has 0 spiro atoms. The number of esters is 1. The topological polar surface area (TPSA) is 106 Å². The van der Waals surface area contributed by atoms with Crippen LogP contribution in [0.25, 0.3) is 12.2 Å². The van der Waals surface area contributed by atoms with Crippen LogP contribution in [0.1, 0.15) is 21.5 Å². The summed E-state index contributed by atoms with van der Waals surface area (Å²) in [6.45, 7) is 0. The maximum Gasteiger partial charge on any atom is 0.349 e. The summed E-state index contributed by atoms with van der Waals surface area (Å²) < 4.78 is 17.6. The molecule has 0 unspecified atom stereocenters. The zero-order valence-electron chi connectivity index (χ0n) is 20.4. The number of aryl methyl sites for hydroxylation is 1. The number of halogens is 1. The molecular weight excluding hydrogens is 589 g/mol. The minimum atomic E-state index is -0.526. The molecule has 8 nitrogen and oxygen atoms in total. The Morgan fingerprint density at radius 3 is 2.22 bits per heavy atom. The summed E-state index contributed by atoms with van der Waals surface area (Å²) in [5.74, 6) is -0.344. The van der Waals surface area contributed by atoms with Gasteiger partial charge in [0.2, 0.25) is 0 Å². The summed E-state index contributed by atoms with van der Waals surface area (Å²) in [4.78, 5) is 24.6. The van der Waals surface area contributed by atoms with Gasteiger partial charge < -0.3 is 48.4 Å². The van der Waals surface area contributed by atoms with E-state index < -0.39 is 11.8 Å². The van der Waals surface area contributed by atoms with Gasteiger partial charge in [0.15, 0.2) is 41.2 Å². The SMILES string of the molecule is COc1cc(/C=C/C(O)=C/C(=O)/C=C/c2ccc(OC(=O)c3ccc[n+](C)c3)c(OC)c2)ccc1O.[I-]. The van der Waals surface area contributed by atoms with Gasteiger partial charge in [-0.05, 0) is 53.6 Å². The number of hydrogen-bond acceptors (Lipinski definition) is 7. The van der Waals surface area contributed by atoms with E-state index in [2.05, 4.69) is 0 Å². The Hall–Kier alpha value is -4.12. The number of carbonyl (C=O) groups excluding carboxylic acids is 2. The number of benzene rings is 2. The van der Waals surface area contributed by atoms with Crippen LogP contribution in [0.15, 0.2) is 84.9 Å². The average Bonchev–Trinajstić information content (AvgIpc) is 2.87. The van der Waals surface area contributed by atoms with Gasteiger partial charge in [0.25, 0.3) is 0 Å². The fraction of sp³-hybridized carbons (Fsp3) is 0.107. The number of nitrogens with zero attached hydrogens (tertiary/aromatic N) is 1. The second-order valence-corrected chi connectivity index (χ2v) is 7.63. The van der Waals surface area contributed by atoms with Crippen molar-refractivity contribution < 1.29 is 62.6 Å². The monoisotopic (exact) mass is 615 g/mol. The van der Waals surface area contributed by atoms with Crippen LogP contribution in [-0.2, 0) is 11.8 Å². The number of ketones is 1. The third kappa shape index (κ3) is 8.50. The first-order valence-corrected chi connectivity index (χ1v) is 10.8. The maximum atomic E-state index is 12.4. The Kier molecular flexibility index (Phi) is 10.9. The molecule has 3 rings (SSSR count). The van der Waals surface area contributed by atoms with Gasteiger partial charge in [-0.25, -0.2) is 9.36 Å². The minimum absolute atomic E-state index is 0. The molecule has 0 saturated heterocycles. The lowest BCUT2D eigenvalue weighted by atomic mass is 10.1. The lowest BCUT2D eigenvalue weighted by molar-refractivity contribution is -0.671. The summed E-state index contributed by atoms with van der Waals surface area (Å²) in [5, 5.41) is 19.7. The van der Waals surface area contributed by atoms with E-state index >= 15 is 0 Å². The fourth-order valence-electron chi connectivity index (χ4n) is 3.14. The largest absolute Gasteiger partial charge is 1.00 e. The number of phenols is 1. The van der Waals surface area contributed by atoms with Crippen molar-refractivity contribution in [2.45, 2.75) is 0 Å². The molecule has 0 atom stereocenters. The Morgan fingerprint density at radius 2 is 1.54 bits per heavy atom. The molecule has 2 N–H and O–H groups in total. The van der Waals surface area contributed by atoms with Crippen molar-refractivity contribution in [3.63, 3.8) is 0 Å². The molecule has 2 aromatic carbocycles. The van der Waals surface area contributed by atoms with E-state index in [4.69, 9.17) is 14.2 Å². The van der Waals surface area contributed by atoms with E-state index in [1.807, 2.05) is 0 Å². The molecular formula is C28H26INO7. The normalized spacial score (nSPS) is 11.3. The number of allylic oxidation sites excluding steroid dienone is 3. The second kappa shape index (κ2) is 13.8. The van der Waals surface area contributed by atoms with Crippen LogP contribution in [-0.4, -0.2) is 36.2 Å². The van der Waals surface area contributed by atoms with Crippen molar-refractivity contribution in [1.29, 1.82) is 0 Å². The molecule has 192 valence electrons. The first kappa shape index (κ1) is 29.1. The smallest absolute Gasteiger partial charge is 0.349 e. The average molecular weight is 615 g/mol. The molecule has 0 radical (unpaired) electrons. The number of pyridine rings is 1. The van der Waals surface area contributed by atoms with Gasteiger partial charge >= 0.3 is 5.97 Å². The summed E-state index contributed by atoms with van der Waals surface area (Å²) in [7, 11) is 4.69. The van der Waals surface area contributed by atoms with Crippen molar-refractivity contribution in [3.8, 4) is 23.0 Å². The van der Waals surface area contributed by atoms with Crippen LogP contribution >= 0.6 is 0 Å². The Balaban J connectivity index is 0.00000481. The lowest BCUT2D eigenvalue weighted by Crippen LogP contribution is -3.00. The van der Waals surface area contributed by atoms with E-state index in [9.17, 15) is 19.8 Å². The van der Waals surface area contributed by atoms with E-state index in [1.54, 1.807) is 78.6 Å². The number of hydrogen-bond donors (Lipinski definition) is 2. The second-order valence-electron chi connectivity index (χ2n) is 7.63. The molecule has 0 fully saturated rings. The van der Waals surface area contributed by atoms with Crippen LogP contribution < -0.4 is 42.8 Å². The van der Waals surface area contributed by atoms with E-state index in [-0.39, 0.29) is 41.2 Å². The summed E-state index contributed by atoms with van der Waals surface area (Å²) in [6, 6.07) is 13.0. The Morgan fingerprint density at radius 1 is 0.892 bits per heavy atom. The summed E-state index contributed by atoms with van der Waals surface area (Å²) >= 11 is 0. The van der Waals surface area contributed by atoms with E-state index in [0.717, 1.165) is 6.08 Å². The van der Waals surface area contributed by atoms with Crippen LogP contribution in [0.5, 0.6) is 23.0 Å². The molecule has 37 heavy (non-hydrogen) atoms. The van der Waals surface area contributed by atoms with Crippen LogP contribution in [0.4, 0.5) is 0 Å². The van der Waals surface area contributed by atoms with Crippen molar-refractivity contribution >= 4 is 23.9 Å². The van der Waals surface area contributed by atoms with Crippen LogP contribution in [0.3, 0.4) is 0 Å². The van der Waals surface area contributed by atoms with Gasteiger partial charge in [0, 0.05) is 12.1 Å². The molecule has 9 heteroatoms. The molecule has 0 aliphatic rings. The Labute approximate surface area is 231 Å². The zero-order chi connectivity index (χ0) is 26.1. The third-order valence-electron chi connectivity index (χ3n) is 4.95. The van der Waals surface area contributed by atoms with Gasteiger partial charge in [0.05, 0.1) is 14.2 Å². The number of aliphatic hydroxyl groups excluding tert-OH is 1. The molecule has 1 aromatic heterocycles. The molecule has 0 aliphatic heterocycles. The highest BCUT2D eigenvalue weighted by atomic mass is 127. The van der Waals surface area contributed by atoms with E-state index in [0.29, 0.717) is 28.2 Å². The first-order valence-electron chi connectivity index (χ1n) is 10.8. The molecule has 0 amide bonds.